The molecule has 7 nitrogen and oxygen atoms in total. The number of carboxylic acid groups (broad SMARTS) is 1. The molecule has 1 heterocycles. The maximum absolute atomic E-state index is 12.6. The summed E-state index contributed by atoms with van der Waals surface area (Å²) in [4.78, 5) is 38.2. The Morgan fingerprint density at radius 1 is 1.07 bits per heavy atom. The summed E-state index contributed by atoms with van der Waals surface area (Å²) < 4.78 is 0.919. The molecule has 0 fully saturated rings. The van der Waals surface area contributed by atoms with Gasteiger partial charge < -0.3 is 10.0 Å². The number of carbonyl (C=O) groups is 2. The highest BCUT2D eigenvalue weighted by Crippen LogP contribution is 2.14. The highest BCUT2D eigenvalue weighted by Gasteiger charge is 2.18. The molecule has 0 unspecified atom stereocenters. The second kappa shape index (κ2) is 7.41. The summed E-state index contributed by atoms with van der Waals surface area (Å²) in [5.74, 6) is -1.58. The molecule has 0 bridgehead atoms. The molecule has 1 aromatic heterocycles. The number of carbonyl (C=O) groups excluding carboxylic acids is 1. The molecule has 3 aromatic rings. The van der Waals surface area contributed by atoms with E-state index < -0.39 is 11.5 Å². The Bertz CT molecular complexity index is 1090. The number of rotatable bonds is 5. The fraction of sp³-hybridized carbons (Fsp3) is 0.200. The van der Waals surface area contributed by atoms with Crippen LogP contribution in [-0.2, 0) is 17.9 Å². The van der Waals surface area contributed by atoms with E-state index in [-0.39, 0.29) is 28.9 Å². The van der Waals surface area contributed by atoms with E-state index >= 15 is 0 Å². The summed E-state index contributed by atoms with van der Waals surface area (Å²) in [7, 11) is 1.64. The van der Waals surface area contributed by atoms with E-state index in [0.717, 1.165) is 15.8 Å². The summed E-state index contributed by atoms with van der Waals surface area (Å²) in [6.07, 6.45) is 0. The third kappa shape index (κ3) is 3.72. The standard InChI is InChI=1S/C20H19N3O4/c1-13-7-3-4-8-14(13)11-22(2)17(24)12-23-19(25)16-10-6-5-9-15(16)18(21-23)20(26)27/h3-10H,11-12H2,1-2H3,(H,26,27). The zero-order valence-electron chi connectivity index (χ0n) is 15.0. The van der Waals surface area contributed by atoms with Crippen molar-refractivity contribution in [2.45, 2.75) is 20.0 Å². The van der Waals surface area contributed by atoms with Crippen molar-refractivity contribution in [1.82, 2.24) is 14.7 Å². The van der Waals surface area contributed by atoms with Gasteiger partial charge in [0.25, 0.3) is 5.56 Å². The summed E-state index contributed by atoms with van der Waals surface area (Å²) in [6, 6.07) is 14.1. The fourth-order valence-corrected chi connectivity index (χ4v) is 2.88. The van der Waals surface area contributed by atoms with Crippen molar-refractivity contribution >= 4 is 22.6 Å². The predicted octanol–water partition coefficient (Wildman–Crippen LogP) is 2.06. The zero-order chi connectivity index (χ0) is 19.6. The number of fused-ring (bicyclic) bond motifs is 1. The molecule has 0 aliphatic rings. The highest BCUT2D eigenvalue weighted by molar-refractivity contribution is 6.01. The Morgan fingerprint density at radius 2 is 1.70 bits per heavy atom. The quantitative estimate of drug-likeness (QED) is 0.747. The van der Waals surface area contributed by atoms with E-state index in [1.54, 1.807) is 19.2 Å². The number of aromatic carboxylic acids is 1. The van der Waals surface area contributed by atoms with Crippen LogP contribution in [0.3, 0.4) is 0 Å². The van der Waals surface area contributed by atoms with E-state index in [9.17, 15) is 19.5 Å². The first-order valence-corrected chi connectivity index (χ1v) is 8.40. The van der Waals surface area contributed by atoms with Crippen LogP contribution < -0.4 is 5.56 Å². The number of carboxylic acids is 1. The number of hydrogen-bond acceptors (Lipinski definition) is 4. The van der Waals surface area contributed by atoms with Crippen LogP contribution in [0.15, 0.2) is 53.3 Å². The van der Waals surface area contributed by atoms with Gasteiger partial charge in [-0.15, -0.1) is 0 Å². The van der Waals surface area contributed by atoms with Crippen molar-refractivity contribution < 1.29 is 14.7 Å². The lowest BCUT2D eigenvalue weighted by molar-refractivity contribution is -0.131. The van der Waals surface area contributed by atoms with E-state index in [1.807, 2.05) is 31.2 Å². The molecule has 3 rings (SSSR count). The van der Waals surface area contributed by atoms with Crippen LogP contribution in [0.25, 0.3) is 10.8 Å². The molecule has 138 valence electrons. The summed E-state index contributed by atoms with van der Waals surface area (Å²) in [6.45, 7) is 2.02. The van der Waals surface area contributed by atoms with E-state index in [2.05, 4.69) is 5.10 Å². The largest absolute Gasteiger partial charge is 0.476 e. The lowest BCUT2D eigenvalue weighted by Crippen LogP contribution is -2.35. The van der Waals surface area contributed by atoms with Gasteiger partial charge in [0.1, 0.15) is 6.54 Å². The summed E-state index contributed by atoms with van der Waals surface area (Å²) in [5, 5.41) is 13.8. The van der Waals surface area contributed by atoms with E-state index in [0.29, 0.717) is 6.54 Å². The van der Waals surface area contributed by atoms with Crippen LogP contribution in [0.1, 0.15) is 21.6 Å². The molecule has 0 aliphatic heterocycles. The van der Waals surface area contributed by atoms with E-state index in [4.69, 9.17) is 0 Å². The number of nitrogens with zero attached hydrogens (tertiary/aromatic N) is 3. The van der Waals surface area contributed by atoms with Crippen molar-refractivity contribution in [3.05, 3.63) is 75.7 Å². The smallest absolute Gasteiger partial charge is 0.357 e. The molecular weight excluding hydrogens is 346 g/mol. The Hall–Kier alpha value is -3.48. The molecular formula is C20H19N3O4. The Kier molecular flexibility index (Phi) is 5.03. The molecule has 0 atom stereocenters. The number of benzene rings is 2. The summed E-state index contributed by atoms with van der Waals surface area (Å²) in [5.41, 5.74) is 1.32. The van der Waals surface area contributed by atoms with E-state index in [1.165, 1.54) is 17.0 Å². The number of aryl methyl sites for hydroxylation is 1. The molecule has 1 N–H and O–H groups in total. The van der Waals surface area contributed by atoms with Crippen LogP contribution in [0.2, 0.25) is 0 Å². The maximum atomic E-state index is 12.6. The van der Waals surface area contributed by atoms with Gasteiger partial charge in [0.2, 0.25) is 5.91 Å². The number of likely N-dealkylation sites (N-methyl/N-ethyl adjacent to an activating group) is 1. The summed E-state index contributed by atoms with van der Waals surface area (Å²) >= 11 is 0. The molecule has 7 heteroatoms. The predicted molar refractivity (Wildman–Crippen MR) is 101 cm³/mol. The molecule has 0 aliphatic carbocycles. The molecule has 27 heavy (non-hydrogen) atoms. The van der Waals surface area contributed by atoms with Gasteiger partial charge in [0, 0.05) is 19.0 Å². The van der Waals surface area contributed by atoms with Crippen molar-refractivity contribution in [3.63, 3.8) is 0 Å². The zero-order valence-corrected chi connectivity index (χ0v) is 15.0. The Balaban J connectivity index is 1.91. The van der Waals surface area contributed by atoms with Gasteiger partial charge in [-0.05, 0) is 24.1 Å². The lowest BCUT2D eigenvalue weighted by Gasteiger charge is -2.19. The van der Waals surface area contributed by atoms with Gasteiger partial charge in [-0.3, -0.25) is 9.59 Å². The van der Waals surface area contributed by atoms with Crippen LogP contribution in [0.5, 0.6) is 0 Å². The first-order chi connectivity index (χ1) is 12.9. The molecule has 1 amide bonds. The molecule has 0 saturated heterocycles. The number of aromatic nitrogens is 2. The van der Waals surface area contributed by atoms with Gasteiger partial charge in [-0.1, -0.05) is 42.5 Å². The average Bonchev–Trinajstić information content (AvgIpc) is 2.65. The van der Waals surface area contributed by atoms with Gasteiger partial charge >= 0.3 is 5.97 Å². The second-order valence-corrected chi connectivity index (χ2v) is 6.34. The van der Waals surface area contributed by atoms with Crippen molar-refractivity contribution in [2.24, 2.45) is 0 Å². The topological polar surface area (TPSA) is 92.5 Å². The lowest BCUT2D eigenvalue weighted by atomic mass is 10.1. The minimum atomic E-state index is -1.25. The van der Waals surface area contributed by atoms with Gasteiger partial charge in [0.05, 0.1) is 5.39 Å². The molecule has 0 saturated carbocycles. The van der Waals surface area contributed by atoms with Crippen LogP contribution >= 0.6 is 0 Å². The Morgan fingerprint density at radius 3 is 2.37 bits per heavy atom. The third-order valence-corrected chi connectivity index (χ3v) is 4.45. The van der Waals surface area contributed by atoms with Crippen molar-refractivity contribution in [2.75, 3.05) is 7.05 Å². The van der Waals surface area contributed by atoms with Gasteiger partial charge in [-0.2, -0.15) is 5.10 Å². The monoisotopic (exact) mass is 365 g/mol. The third-order valence-electron chi connectivity index (χ3n) is 4.45. The minimum absolute atomic E-state index is 0.222. The molecule has 0 radical (unpaired) electrons. The first kappa shape index (κ1) is 18.3. The van der Waals surface area contributed by atoms with Crippen molar-refractivity contribution in [1.29, 1.82) is 0 Å². The molecule has 0 spiro atoms. The maximum Gasteiger partial charge on any atom is 0.357 e. The fourth-order valence-electron chi connectivity index (χ4n) is 2.88. The number of hydrogen-bond donors (Lipinski definition) is 1. The van der Waals surface area contributed by atoms with Crippen LogP contribution in [-0.4, -0.2) is 38.7 Å². The highest BCUT2D eigenvalue weighted by atomic mass is 16.4. The first-order valence-electron chi connectivity index (χ1n) is 8.40. The van der Waals surface area contributed by atoms with Crippen molar-refractivity contribution in [3.8, 4) is 0 Å². The van der Waals surface area contributed by atoms with Gasteiger partial charge in [0.15, 0.2) is 5.69 Å². The minimum Gasteiger partial charge on any atom is -0.476 e. The second-order valence-electron chi connectivity index (χ2n) is 6.34. The average molecular weight is 365 g/mol. The Labute approximate surface area is 155 Å². The SMILES string of the molecule is Cc1ccccc1CN(C)C(=O)Cn1nc(C(=O)O)c2ccccc2c1=O. The normalized spacial score (nSPS) is 10.7. The van der Waals surface area contributed by atoms with Crippen LogP contribution in [0, 0.1) is 6.92 Å². The van der Waals surface area contributed by atoms with Gasteiger partial charge in [-0.25, -0.2) is 9.48 Å². The number of amides is 1. The molecule has 2 aromatic carbocycles. The van der Waals surface area contributed by atoms with Crippen LogP contribution in [0.4, 0.5) is 0 Å².